The van der Waals surface area contributed by atoms with Gasteiger partial charge in [-0.1, -0.05) is 13.0 Å². The van der Waals surface area contributed by atoms with Crippen LogP contribution >= 0.6 is 11.8 Å². The molecule has 1 aromatic carbocycles. The molecule has 1 heterocycles. The van der Waals surface area contributed by atoms with E-state index in [0.29, 0.717) is 18.5 Å². The Morgan fingerprint density at radius 2 is 2.35 bits per heavy atom. The molecule has 0 aliphatic carbocycles. The molecule has 5 heteroatoms. The van der Waals surface area contributed by atoms with Crippen LogP contribution in [0.3, 0.4) is 0 Å². The van der Waals surface area contributed by atoms with Crippen LogP contribution in [0.1, 0.15) is 32.3 Å². The molecule has 106 valence electrons. The number of benzene rings is 1. The lowest BCUT2D eigenvalue weighted by Gasteiger charge is -2.34. The zero-order chi connectivity index (χ0) is 14.8. The lowest BCUT2D eigenvalue weighted by Crippen LogP contribution is -2.48. The van der Waals surface area contributed by atoms with Gasteiger partial charge >= 0.3 is 5.97 Å². The molecule has 1 saturated heterocycles. The summed E-state index contributed by atoms with van der Waals surface area (Å²) in [5.41, 5.74) is 0.420. The van der Waals surface area contributed by atoms with Gasteiger partial charge in [0.25, 0.3) is 0 Å². The number of anilines is 1. The first-order valence-corrected chi connectivity index (χ1v) is 7.70. The lowest BCUT2D eigenvalue weighted by atomic mass is 9.98. The van der Waals surface area contributed by atoms with E-state index in [9.17, 15) is 15.2 Å². The van der Waals surface area contributed by atoms with Crippen LogP contribution in [0.4, 0.5) is 5.69 Å². The predicted molar refractivity (Wildman–Crippen MR) is 80.2 cm³/mol. The summed E-state index contributed by atoms with van der Waals surface area (Å²) in [7, 11) is 0. The first-order chi connectivity index (χ1) is 9.54. The molecule has 1 fully saturated rings. The number of carboxylic acids is 1. The third kappa shape index (κ3) is 2.36. The quantitative estimate of drug-likeness (QED) is 0.863. The van der Waals surface area contributed by atoms with Crippen LogP contribution in [-0.4, -0.2) is 28.9 Å². The standard InChI is InChI=1S/C15H18N2O2S/c1-3-20-13-7-4-6-12(11(13)10-16)17-9-5-8-15(17,2)14(18)19/h4,6-7H,3,5,8-9H2,1-2H3,(H,18,19). The average Bonchev–Trinajstić information content (AvgIpc) is 2.82. The maximum atomic E-state index is 11.6. The van der Waals surface area contributed by atoms with E-state index in [1.54, 1.807) is 18.7 Å². The van der Waals surface area contributed by atoms with Crippen LogP contribution < -0.4 is 4.90 Å². The van der Waals surface area contributed by atoms with Gasteiger partial charge in [-0.3, -0.25) is 0 Å². The second-order valence-electron chi connectivity index (χ2n) is 5.03. The number of nitrogens with zero attached hydrogens (tertiary/aromatic N) is 2. The van der Waals surface area contributed by atoms with Gasteiger partial charge in [0, 0.05) is 11.4 Å². The van der Waals surface area contributed by atoms with Gasteiger partial charge in [-0.15, -0.1) is 11.8 Å². The normalized spacial score (nSPS) is 21.8. The Balaban J connectivity index is 2.50. The fourth-order valence-electron chi connectivity index (χ4n) is 2.70. The van der Waals surface area contributed by atoms with Gasteiger partial charge in [0.15, 0.2) is 0 Å². The second kappa shape index (κ2) is 5.76. The Morgan fingerprint density at radius 1 is 1.60 bits per heavy atom. The number of nitriles is 1. The number of carboxylic acid groups (broad SMARTS) is 1. The highest BCUT2D eigenvalue weighted by molar-refractivity contribution is 7.99. The van der Waals surface area contributed by atoms with Crippen molar-refractivity contribution in [1.82, 2.24) is 0 Å². The Kier molecular flexibility index (Phi) is 4.24. The minimum atomic E-state index is -0.916. The molecule has 0 radical (unpaired) electrons. The van der Waals surface area contributed by atoms with Crippen molar-refractivity contribution in [1.29, 1.82) is 5.26 Å². The van der Waals surface area contributed by atoms with Crippen LogP contribution in [0.15, 0.2) is 23.1 Å². The van der Waals surface area contributed by atoms with E-state index in [2.05, 4.69) is 6.07 Å². The first kappa shape index (κ1) is 14.7. The summed E-state index contributed by atoms with van der Waals surface area (Å²) in [5.74, 6) is 0.0568. The number of rotatable bonds is 4. The van der Waals surface area contributed by atoms with Crippen molar-refractivity contribution >= 4 is 23.4 Å². The lowest BCUT2D eigenvalue weighted by molar-refractivity contribution is -0.142. The molecule has 1 unspecified atom stereocenters. The number of hydrogen-bond acceptors (Lipinski definition) is 4. The third-order valence-corrected chi connectivity index (χ3v) is 4.75. The van der Waals surface area contributed by atoms with Gasteiger partial charge in [0.1, 0.15) is 11.6 Å². The van der Waals surface area contributed by atoms with Gasteiger partial charge in [0.05, 0.1) is 11.3 Å². The summed E-state index contributed by atoms with van der Waals surface area (Å²) >= 11 is 1.61. The highest BCUT2D eigenvalue weighted by atomic mass is 32.2. The molecule has 1 aliphatic heterocycles. The summed E-state index contributed by atoms with van der Waals surface area (Å²) in [6.45, 7) is 4.45. The third-order valence-electron chi connectivity index (χ3n) is 3.81. The van der Waals surface area contributed by atoms with Gasteiger partial charge in [-0.05, 0) is 37.7 Å². The molecule has 0 saturated carbocycles. The highest BCUT2D eigenvalue weighted by Crippen LogP contribution is 2.38. The van der Waals surface area contributed by atoms with E-state index in [-0.39, 0.29) is 0 Å². The largest absolute Gasteiger partial charge is 0.480 e. The molecule has 1 aliphatic rings. The maximum Gasteiger partial charge on any atom is 0.329 e. The number of hydrogen-bond donors (Lipinski definition) is 1. The van der Waals surface area contributed by atoms with Crippen LogP contribution in [0.5, 0.6) is 0 Å². The zero-order valence-corrected chi connectivity index (χ0v) is 12.5. The molecule has 2 rings (SSSR count). The SMILES string of the molecule is CCSc1cccc(N2CCCC2(C)C(=O)O)c1C#N. The Morgan fingerprint density at radius 3 is 2.95 bits per heavy atom. The smallest absolute Gasteiger partial charge is 0.329 e. The fraction of sp³-hybridized carbons (Fsp3) is 0.467. The van der Waals surface area contributed by atoms with Crippen LogP contribution in [0.2, 0.25) is 0 Å². The fourth-order valence-corrected chi connectivity index (χ4v) is 3.48. The minimum absolute atomic E-state index is 0.591. The molecule has 0 amide bonds. The van der Waals surface area contributed by atoms with Crippen LogP contribution in [0, 0.1) is 11.3 Å². The summed E-state index contributed by atoms with van der Waals surface area (Å²) in [6.07, 6.45) is 1.44. The van der Waals surface area contributed by atoms with Crippen molar-refractivity contribution in [2.24, 2.45) is 0 Å². The Labute approximate surface area is 123 Å². The van der Waals surface area contributed by atoms with Crippen molar-refractivity contribution in [2.75, 3.05) is 17.2 Å². The summed E-state index contributed by atoms with van der Waals surface area (Å²) in [5, 5.41) is 19.0. The highest BCUT2D eigenvalue weighted by Gasteiger charge is 2.44. The summed E-state index contributed by atoms with van der Waals surface area (Å²) in [6, 6.07) is 7.92. The summed E-state index contributed by atoms with van der Waals surface area (Å²) in [4.78, 5) is 14.4. The van der Waals surface area contributed by atoms with Gasteiger partial charge in [0.2, 0.25) is 0 Å². The Hall–Kier alpha value is -1.67. The van der Waals surface area contributed by atoms with Gasteiger partial charge in [-0.2, -0.15) is 5.26 Å². The van der Waals surface area contributed by atoms with Crippen molar-refractivity contribution in [2.45, 2.75) is 37.1 Å². The molecule has 4 nitrogen and oxygen atoms in total. The number of aliphatic carboxylic acids is 1. The van der Waals surface area contributed by atoms with Crippen molar-refractivity contribution in [3.8, 4) is 6.07 Å². The Bertz CT molecular complexity index is 567. The minimum Gasteiger partial charge on any atom is -0.480 e. The molecule has 20 heavy (non-hydrogen) atoms. The van der Waals surface area contributed by atoms with E-state index >= 15 is 0 Å². The van der Waals surface area contributed by atoms with Crippen molar-refractivity contribution in [3.63, 3.8) is 0 Å². The van der Waals surface area contributed by atoms with E-state index in [1.165, 1.54) is 0 Å². The molecule has 0 spiro atoms. The first-order valence-electron chi connectivity index (χ1n) is 6.71. The number of carbonyl (C=O) groups is 1. The molecule has 1 atom stereocenters. The van der Waals surface area contributed by atoms with Crippen molar-refractivity contribution in [3.05, 3.63) is 23.8 Å². The van der Waals surface area contributed by atoms with E-state index in [1.807, 2.05) is 30.0 Å². The topological polar surface area (TPSA) is 64.3 Å². The average molecular weight is 290 g/mol. The van der Waals surface area contributed by atoms with E-state index in [0.717, 1.165) is 22.8 Å². The molecule has 1 N–H and O–H groups in total. The van der Waals surface area contributed by atoms with Gasteiger partial charge in [-0.25, -0.2) is 4.79 Å². The predicted octanol–water partition coefficient (Wildman–Crippen LogP) is 3.11. The maximum absolute atomic E-state index is 11.6. The molecular formula is C15H18N2O2S. The summed E-state index contributed by atoms with van der Waals surface area (Å²) < 4.78 is 0. The second-order valence-corrected chi connectivity index (χ2v) is 6.34. The monoisotopic (exact) mass is 290 g/mol. The zero-order valence-electron chi connectivity index (χ0n) is 11.7. The van der Waals surface area contributed by atoms with Crippen LogP contribution in [-0.2, 0) is 4.79 Å². The van der Waals surface area contributed by atoms with E-state index < -0.39 is 11.5 Å². The molecule has 0 aromatic heterocycles. The molecule has 0 bridgehead atoms. The molecular weight excluding hydrogens is 272 g/mol. The molecule has 1 aromatic rings. The van der Waals surface area contributed by atoms with E-state index in [4.69, 9.17) is 0 Å². The van der Waals surface area contributed by atoms with Gasteiger partial charge < -0.3 is 10.0 Å². The number of thioether (sulfide) groups is 1. The van der Waals surface area contributed by atoms with Crippen molar-refractivity contribution < 1.29 is 9.90 Å². The van der Waals surface area contributed by atoms with Crippen LogP contribution in [0.25, 0.3) is 0 Å².